The van der Waals surface area contributed by atoms with Gasteiger partial charge in [0.15, 0.2) is 0 Å². The Morgan fingerprint density at radius 2 is 2.11 bits per heavy atom. The molecule has 142 valence electrons. The van der Waals surface area contributed by atoms with Crippen LogP contribution in [0.15, 0.2) is 35.4 Å². The maximum absolute atomic E-state index is 12.6. The molecule has 0 fully saturated rings. The second-order valence-corrected chi connectivity index (χ2v) is 7.67. The van der Waals surface area contributed by atoms with Gasteiger partial charge in [0.2, 0.25) is 5.91 Å². The highest BCUT2D eigenvalue weighted by atomic mass is 32.1. The third-order valence-electron chi connectivity index (χ3n) is 4.42. The van der Waals surface area contributed by atoms with E-state index in [1.165, 1.54) is 22.2 Å². The van der Waals surface area contributed by atoms with Gasteiger partial charge in [-0.05, 0) is 44.0 Å². The summed E-state index contributed by atoms with van der Waals surface area (Å²) in [7, 11) is 0. The van der Waals surface area contributed by atoms with Crippen LogP contribution in [0.5, 0.6) is 5.75 Å². The van der Waals surface area contributed by atoms with E-state index in [0.717, 1.165) is 26.6 Å². The van der Waals surface area contributed by atoms with Gasteiger partial charge in [0.25, 0.3) is 5.56 Å². The quantitative estimate of drug-likeness (QED) is 0.635. The van der Waals surface area contributed by atoms with Crippen molar-refractivity contribution in [3.05, 3.63) is 57.0 Å². The fourth-order valence-electron chi connectivity index (χ4n) is 2.80. The molecule has 2 heterocycles. The number of ether oxygens (including phenoxy) is 1. The molecule has 0 atom stereocenters. The monoisotopic (exact) mass is 385 g/mol. The van der Waals surface area contributed by atoms with Gasteiger partial charge < -0.3 is 10.1 Å². The number of nitrogens with zero attached hydrogens (tertiary/aromatic N) is 2. The average Bonchev–Trinajstić information content (AvgIpc) is 2.93. The van der Waals surface area contributed by atoms with Crippen LogP contribution in [0.4, 0.5) is 0 Å². The summed E-state index contributed by atoms with van der Waals surface area (Å²) in [6.07, 6.45) is 1.74. The van der Waals surface area contributed by atoms with Crippen molar-refractivity contribution in [1.29, 1.82) is 0 Å². The summed E-state index contributed by atoms with van der Waals surface area (Å²) in [5.74, 6) is 0.671. The molecular formula is C20H23N3O3S. The number of amides is 1. The number of nitrogens with one attached hydrogen (secondary N) is 1. The fourth-order valence-corrected chi connectivity index (χ4v) is 3.79. The minimum atomic E-state index is -0.118. The highest BCUT2D eigenvalue weighted by molar-refractivity contribution is 7.18. The molecule has 0 saturated heterocycles. The van der Waals surface area contributed by atoms with Gasteiger partial charge in [-0.3, -0.25) is 14.2 Å². The lowest BCUT2D eigenvalue weighted by atomic mass is 10.2. The zero-order valence-electron chi connectivity index (χ0n) is 15.7. The molecule has 0 aliphatic heterocycles. The van der Waals surface area contributed by atoms with Gasteiger partial charge in [0.05, 0.1) is 18.3 Å². The minimum absolute atomic E-state index is 0.0857. The molecule has 7 heteroatoms. The molecule has 2 aromatic heterocycles. The van der Waals surface area contributed by atoms with E-state index in [0.29, 0.717) is 25.1 Å². The molecule has 3 aromatic rings. The van der Waals surface area contributed by atoms with Crippen molar-refractivity contribution in [2.75, 3.05) is 13.2 Å². The van der Waals surface area contributed by atoms with Crippen LogP contribution in [0, 0.1) is 20.8 Å². The van der Waals surface area contributed by atoms with Crippen LogP contribution in [0.3, 0.4) is 0 Å². The molecular weight excluding hydrogens is 362 g/mol. The van der Waals surface area contributed by atoms with Crippen LogP contribution in [0.1, 0.15) is 22.4 Å². The molecule has 27 heavy (non-hydrogen) atoms. The summed E-state index contributed by atoms with van der Waals surface area (Å²) in [6.45, 7) is 7.04. The van der Waals surface area contributed by atoms with Gasteiger partial charge in [-0.1, -0.05) is 12.1 Å². The first-order valence-corrected chi connectivity index (χ1v) is 9.68. The van der Waals surface area contributed by atoms with Gasteiger partial charge >= 0.3 is 0 Å². The number of aryl methyl sites for hydroxylation is 4. The molecule has 0 aliphatic rings. The van der Waals surface area contributed by atoms with Gasteiger partial charge in [-0.2, -0.15) is 0 Å². The van der Waals surface area contributed by atoms with Crippen molar-refractivity contribution in [3.8, 4) is 5.75 Å². The Morgan fingerprint density at radius 1 is 1.30 bits per heavy atom. The summed E-state index contributed by atoms with van der Waals surface area (Å²) in [5.41, 5.74) is 2.01. The lowest BCUT2D eigenvalue weighted by molar-refractivity contribution is -0.121. The largest absolute Gasteiger partial charge is 0.492 e. The number of rotatable bonds is 7. The van der Waals surface area contributed by atoms with Crippen LogP contribution in [-0.2, 0) is 11.3 Å². The molecule has 0 unspecified atom stereocenters. The molecule has 6 nitrogen and oxygen atoms in total. The van der Waals surface area contributed by atoms with E-state index < -0.39 is 0 Å². The van der Waals surface area contributed by atoms with Crippen molar-refractivity contribution in [3.63, 3.8) is 0 Å². The van der Waals surface area contributed by atoms with Crippen LogP contribution < -0.4 is 15.6 Å². The van der Waals surface area contributed by atoms with E-state index in [-0.39, 0.29) is 17.9 Å². The van der Waals surface area contributed by atoms with Gasteiger partial charge in [-0.15, -0.1) is 11.3 Å². The highest BCUT2D eigenvalue weighted by Crippen LogP contribution is 2.25. The van der Waals surface area contributed by atoms with Crippen LogP contribution in [-0.4, -0.2) is 28.6 Å². The molecule has 1 N–H and O–H groups in total. The fraction of sp³-hybridized carbons (Fsp3) is 0.350. The zero-order valence-corrected chi connectivity index (χ0v) is 16.6. The van der Waals surface area contributed by atoms with Gasteiger partial charge in [0, 0.05) is 17.8 Å². The maximum atomic E-state index is 12.6. The molecule has 3 rings (SSSR count). The second-order valence-electron chi connectivity index (χ2n) is 6.47. The standard InChI is InChI=1S/C20H23N3O3S/c1-13-5-4-6-16(11-13)26-10-8-21-17(24)7-9-23-12-22-19-18(20(23)25)14(2)15(3)27-19/h4-6,11-12H,7-10H2,1-3H3,(H,21,24). The summed E-state index contributed by atoms with van der Waals surface area (Å²) in [4.78, 5) is 30.8. The Morgan fingerprint density at radius 3 is 2.89 bits per heavy atom. The Bertz CT molecular complexity index is 1020. The van der Waals surface area contributed by atoms with Gasteiger partial charge in [-0.25, -0.2) is 4.98 Å². The summed E-state index contributed by atoms with van der Waals surface area (Å²) < 4.78 is 7.11. The minimum Gasteiger partial charge on any atom is -0.492 e. The third kappa shape index (κ3) is 4.54. The zero-order chi connectivity index (χ0) is 19.4. The lowest BCUT2D eigenvalue weighted by Gasteiger charge is -2.09. The normalized spacial score (nSPS) is 10.9. The summed E-state index contributed by atoms with van der Waals surface area (Å²) in [6, 6.07) is 7.77. The molecule has 0 aliphatic carbocycles. The molecule has 0 radical (unpaired) electrons. The Labute approximate surface area is 161 Å². The number of hydrogen-bond acceptors (Lipinski definition) is 5. The highest BCUT2D eigenvalue weighted by Gasteiger charge is 2.12. The molecule has 0 bridgehead atoms. The van der Waals surface area contributed by atoms with Crippen LogP contribution in [0.25, 0.3) is 10.2 Å². The van der Waals surface area contributed by atoms with E-state index >= 15 is 0 Å². The van der Waals surface area contributed by atoms with Crippen molar-refractivity contribution in [1.82, 2.24) is 14.9 Å². The van der Waals surface area contributed by atoms with E-state index in [9.17, 15) is 9.59 Å². The first kappa shape index (κ1) is 19.1. The number of carbonyl (C=O) groups excluding carboxylic acids is 1. The van der Waals surface area contributed by atoms with E-state index in [1.54, 1.807) is 0 Å². The number of hydrogen-bond donors (Lipinski definition) is 1. The SMILES string of the molecule is Cc1cccc(OCCNC(=O)CCn2cnc3sc(C)c(C)c3c2=O)c1. The van der Waals surface area contributed by atoms with Crippen molar-refractivity contribution in [2.45, 2.75) is 33.7 Å². The van der Waals surface area contributed by atoms with Crippen molar-refractivity contribution in [2.24, 2.45) is 0 Å². The molecule has 0 saturated carbocycles. The topological polar surface area (TPSA) is 73.2 Å². The van der Waals surface area contributed by atoms with Crippen molar-refractivity contribution >= 4 is 27.5 Å². The third-order valence-corrected chi connectivity index (χ3v) is 5.53. The predicted octanol–water partition coefficient (Wildman–Crippen LogP) is 2.97. The first-order valence-electron chi connectivity index (χ1n) is 8.87. The predicted molar refractivity (Wildman–Crippen MR) is 108 cm³/mol. The van der Waals surface area contributed by atoms with Crippen LogP contribution >= 0.6 is 11.3 Å². The smallest absolute Gasteiger partial charge is 0.262 e. The Kier molecular flexibility index (Phi) is 5.91. The van der Waals surface area contributed by atoms with Gasteiger partial charge in [0.1, 0.15) is 17.2 Å². The van der Waals surface area contributed by atoms with E-state index in [4.69, 9.17) is 4.74 Å². The number of benzene rings is 1. The van der Waals surface area contributed by atoms with E-state index in [2.05, 4.69) is 10.3 Å². The number of aromatic nitrogens is 2. The van der Waals surface area contributed by atoms with E-state index in [1.807, 2.05) is 45.0 Å². The first-order chi connectivity index (χ1) is 13.0. The summed E-state index contributed by atoms with van der Waals surface area (Å²) in [5, 5.41) is 3.47. The van der Waals surface area contributed by atoms with Crippen LogP contribution in [0.2, 0.25) is 0 Å². The summed E-state index contributed by atoms with van der Waals surface area (Å²) >= 11 is 1.52. The second kappa shape index (κ2) is 8.35. The van der Waals surface area contributed by atoms with Crippen molar-refractivity contribution < 1.29 is 9.53 Å². The average molecular weight is 385 g/mol. The Hall–Kier alpha value is -2.67. The molecule has 1 aromatic carbocycles. The number of carbonyl (C=O) groups is 1. The number of fused-ring (bicyclic) bond motifs is 1. The lowest BCUT2D eigenvalue weighted by Crippen LogP contribution is -2.30. The molecule has 0 spiro atoms. The Balaban J connectivity index is 1.49. The molecule has 1 amide bonds. The number of thiophene rings is 1. The maximum Gasteiger partial charge on any atom is 0.262 e.